The predicted octanol–water partition coefficient (Wildman–Crippen LogP) is 2.28. The number of likely N-dealkylation sites (tertiary alicyclic amines) is 2. The Hall–Kier alpha value is -0.610. The lowest BCUT2D eigenvalue weighted by atomic mass is 10.00. The van der Waals surface area contributed by atoms with Crippen LogP contribution < -0.4 is 0 Å². The molecular weight excluding hydrogens is 252 g/mol. The van der Waals surface area contributed by atoms with Gasteiger partial charge in [-0.15, -0.1) is 0 Å². The Morgan fingerprint density at radius 2 is 1.45 bits per heavy atom. The molecule has 0 saturated carbocycles. The maximum atomic E-state index is 12.4. The zero-order valence-electron chi connectivity index (χ0n) is 13.1. The van der Waals surface area contributed by atoms with E-state index in [0.717, 1.165) is 26.2 Å². The quantitative estimate of drug-likeness (QED) is 0.724. The molecule has 2 aliphatic rings. The minimum absolute atomic E-state index is 0.0209. The predicted molar refractivity (Wildman–Crippen MR) is 80.7 cm³/mol. The van der Waals surface area contributed by atoms with Crippen LogP contribution in [0.25, 0.3) is 0 Å². The van der Waals surface area contributed by atoms with Crippen LogP contribution in [0, 0.1) is 0 Å². The van der Waals surface area contributed by atoms with E-state index in [2.05, 4.69) is 16.7 Å². The summed E-state index contributed by atoms with van der Waals surface area (Å²) in [6, 6.07) is 0.195. The number of hydrogen-bond acceptors (Lipinski definition) is 4. The van der Waals surface area contributed by atoms with Gasteiger partial charge in [0.1, 0.15) is 6.04 Å². The molecule has 0 aromatic heterocycles. The number of carbonyl (C=O) groups excluding carboxylic acids is 1. The number of ether oxygens (including phenoxy) is 1. The van der Waals surface area contributed by atoms with Crippen LogP contribution in [0.2, 0.25) is 0 Å². The SMILES string of the molecule is CCOC(=O)C(C(C)N1CCCCC1)N1CCCCC1. The van der Waals surface area contributed by atoms with Crippen molar-refractivity contribution in [3.63, 3.8) is 0 Å². The monoisotopic (exact) mass is 282 g/mol. The Morgan fingerprint density at radius 1 is 0.950 bits per heavy atom. The molecule has 4 nitrogen and oxygen atoms in total. The number of carbonyl (C=O) groups is 1. The normalized spacial score (nSPS) is 25.1. The largest absolute Gasteiger partial charge is 0.465 e. The molecule has 0 N–H and O–H groups in total. The highest BCUT2D eigenvalue weighted by Crippen LogP contribution is 2.21. The lowest BCUT2D eigenvalue weighted by Gasteiger charge is -2.42. The molecule has 20 heavy (non-hydrogen) atoms. The van der Waals surface area contributed by atoms with Gasteiger partial charge >= 0.3 is 5.97 Å². The van der Waals surface area contributed by atoms with Crippen molar-refractivity contribution in [3.05, 3.63) is 0 Å². The Kier molecular flexibility index (Phi) is 6.30. The van der Waals surface area contributed by atoms with E-state index in [1.807, 2.05) is 6.92 Å². The van der Waals surface area contributed by atoms with Gasteiger partial charge in [-0.3, -0.25) is 14.6 Å². The number of hydrogen-bond donors (Lipinski definition) is 0. The minimum Gasteiger partial charge on any atom is -0.465 e. The van der Waals surface area contributed by atoms with Gasteiger partial charge in [0.2, 0.25) is 0 Å². The van der Waals surface area contributed by atoms with Gasteiger partial charge in [0.25, 0.3) is 0 Å². The summed E-state index contributed by atoms with van der Waals surface area (Å²) in [5.41, 5.74) is 0. The first-order valence-electron chi connectivity index (χ1n) is 8.38. The lowest BCUT2D eigenvalue weighted by molar-refractivity contribution is -0.153. The first kappa shape index (κ1) is 15.8. The molecule has 4 heteroatoms. The third-order valence-corrected chi connectivity index (χ3v) is 4.74. The maximum absolute atomic E-state index is 12.4. The van der Waals surface area contributed by atoms with Crippen molar-refractivity contribution in [3.8, 4) is 0 Å². The van der Waals surface area contributed by atoms with Gasteiger partial charge in [0, 0.05) is 6.04 Å². The zero-order chi connectivity index (χ0) is 14.4. The summed E-state index contributed by atoms with van der Waals surface area (Å²) >= 11 is 0. The molecule has 2 unspecified atom stereocenters. The fraction of sp³-hybridized carbons (Fsp3) is 0.938. The molecule has 2 fully saturated rings. The Bertz CT molecular complexity index is 297. The fourth-order valence-electron chi connectivity index (χ4n) is 3.60. The second-order valence-corrected chi connectivity index (χ2v) is 6.13. The molecule has 0 aromatic carbocycles. The fourth-order valence-corrected chi connectivity index (χ4v) is 3.60. The molecule has 0 aliphatic carbocycles. The van der Waals surface area contributed by atoms with Crippen molar-refractivity contribution < 1.29 is 9.53 Å². The van der Waals surface area contributed by atoms with E-state index in [0.29, 0.717) is 6.61 Å². The third-order valence-electron chi connectivity index (χ3n) is 4.74. The van der Waals surface area contributed by atoms with Gasteiger partial charge in [-0.25, -0.2) is 0 Å². The Balaban J connectivity index is 2.04. The van der Waals surface area contributed by atoms with Gasteiger partial charge < -0.3 is 4.74 Å². The molecular formula is C16H30N2O2. The van der Waals surface area contributed by atoms with Crippen molar-refractivity contribution in [2.45, 2.75) is 64.5 Å². The highest BCUT2D eigenvalue weighted by Gasteiger charge is 2.36. The van der Waals surface area contributed by atoms with E-state index in [-0.39, 0.29) is 18.1 Å². The third kappa shape index (κ3) is 3.95. The van der Waals surface area contributed by atoms with Crippen LogP contribution in [-0.2, 0) is 9.53 Å². The average Bonchev–Trinajstić information content (AvgIpc) is 2.50. The van der Waals surface area contributed by atoms with Crippen LogP contribution >= 0.6 is 0 Å². The molecule has 2 saturated heterocycles. The summed E-state index contributed by atoms with van der Waals surface area (Å²) < 4.78 is 5.36. The number of nitrogens with zero attached hydrogens (tertiary/aromatic N) is 2. The molecule has 2 heterocycles. The number of esters is 1. The Morgan fingerprint density at radius 3 is 1.95 bits per heavy atom. The lowest BCUT2D eigenvalue weighted by Crippen LogP contribution is -2.57. The van der Waals surface area contributed by atoms with Gasteiger partial charge in [-0.1, -0.05) is 12.8 Å². The van der Waals surface area contributed by atoms with Crippen molar-refractivity contribution in [1.82, 2.24) is 9.80 Å². The first-order chi connectivity index (χ1) is 9.74. The molecule has 2 aliphatic heterocycles. The van der Waals surface area contributed by atoms with E-state index < -0.39 is 0 Å². The molecule has 0 aromatic rings. The minimum atomic E-state index is -0.0756. The summed E-state index contributed by atoms with van der Waals surface area (Å²) in [4.78, 5) is 17.3. The van der Waals surface area contributed by atoms with Gasteiger partial charge in [0.05, 0.1) is 6.61 Å². The van der Waals surface area contributed by atoms with Gasteiger partial charge in [0.15, 0.2) is 0 Å². The second kappa shape index (κ2) is 7.99. The van der Waals surface area contributed by atoms with Crippen LogP contribution in [0.5, 0.6) is 0 Å². The smallest absolute Gasteiger partial charge is 0.324 e. The van der Waals surface area contributed by atoms with Gasteiger partial charge in [-0.2, -0.15) is 0 Å². The average molecular weight is 282 g/mol. The summed E-state index contributed by atoms with van der Waals surface area (Å²) in [5.74, 6) is -0.0209. The van der Waals surface area contributed by atoms with Crippen molar-refractivity contribution >= 4 is 5.97 Å². The summed E-state index contributed by atoms with van der Waals surface area (Å²) in [5, 5.41) is 0. The molecule has 2 rings (SSSR count). The molecule has 116 valence electrons. The van der Waals surface area contributed by atoms with Crippen LogP contribution in [0.15, 0.2) is 0 Å². The summed E-state index contributed by atoms with van der Waals surface area (Å²) in [6.07, 6.45) is 7.58. The van der Waals surface area contributed by atoms with Crippen LogP contribution in [0.3, 0.4) is 0 Å². The standard InChI is InChI=1S/C16H30N2O2/c1-3-20-16(19)15(18-12-8-5-9-13-18)14(2)17-10-6-4-7-11-17/h14-15H,3-13H2,1-2H3. The molecule has 0 spiro atoms. The highest BCUT2D eigenvalue weighted by molar-refractivity contribution is 5.76. The maximum Gasteiger partial charge on any atom is 0.324 e. The number of rotatable bonds is 5. The van der Waals surface area contributed by atoms with Crippen molar-refractivity contribution in [2.24, 2.45) is 0 Å². The van der Waals surface area contributed by atoms with E-state index in [1.54, 1.807) is 0 Å². The Labute approximate surface area is 123 Å². The van der Waals surface area contributed by atoms with E-state index in [9.17, 15) is 4.79 Å². The number of piperidine rings is 2. The van der Waals surface area contributed by atoms with Crippen molar-refractivity contribution in [2.75, 3.05) is 32.8 Å². The van der Waals surface area contributed by atoms with E-state index >= 15 is 0 Å². The summed E-state index contributed by atoms with van der Waals surface area (Å²) in [6.45, 7) is 8.94. The summed E-state index contributed by atoms with van der Waals surface area (Å²) in [7, 11) is 0. The highest BCUT2D eigenvalue weighted by atomic mass is 16.5. The van der Waals surface area contributed by atoms with E-state index in [1.165, 1.54) is 38.5 Å². The zero-order valence-corrected chi connectivity index (χ0v) is 13.1. The topological polar surface area (TPSA) is 32.8 Å². The molecule has 0 radical (unpaired) electrons. The van der Waals surface area contributed by atoms with Gasteiger partial charge in [-0.05, 0) is 65.7 Å². The molecule has 0 bridgehead atoms. The second-order valence-electron chi connectivity index (χ2n) is 6.13. The van der Waals surface area contributed by atoms with Crippen LogP contribution in [-0.4, -0.2) is 60.6 Å². The molecule has 0 amide bonds. The van der Waals surface area contributed by atoms with Crippen LogP contribution in [0.4, 0.5) is 0 Å². The first-order valence-corrected chi connectivity index (χ1v) is 8.38. The van der Waals surface area contributed by atoms with Crippen LogP contribution in [0.1, 0.15) is 52.4 Å². The van der Waals surface area contributed by atoms with Crippen molar-refractivity contribution in [1.29, 1.82) is 0 Å². The van der Waals surface area contributed by atoms with E-state index in [4.69, 9.17) is 4.74 Å². The molecule has 2 atom stereocenters.